The number of nitrogens with one attached hydrogen (secondary N) is 2. The molecule has 6 nitrogen and oxygen atoms in total. The van der Waals surface area contributed by atoms with E-state index in [1.54, 1.807) is 23.9 Å². The molecule has 1 aromatic heterocycles. The molecule has 0 spiro atoms. The molecule has 0 unspecified atom stereocenters. The predicted molar refractivity (Wildman–Crippen MR) is 126 cm³/mol. The van der Waals surface area contributed by atoms with Gasteiger partial charge in [-0.05, 0) is 56.1 Å². The molecule has 2 aromatic rings. The summed E-state index contributed by atoms with van der Waals surface area (Å²) in [6.45, 7) is 9.72. The van der Waals surface area contributed by atoms with Gasteiger partial charge in [0.25, 0.3) is 0 Å². The highest BCUT2D eigenvalue weighted by molar-refractivity contribution is 7.98. The number of guanidine groups is 1. The lowest BCUT2D eigenvalue weighted by molar-refractivity contribution is 0.477. The first-order chi connectivity index (χ1) is 15.0. The minimum absolute atomic E-state index is 0.00800. The maximum absolute atomic E-state index is 13.6. The summed E-state index contributed by atoms with van der Waals surface area (Å²) in [5.41, 5.74) is 1.05. The topological polar surface area (TPSA) is 67.1 Å². The molecule has 0 atom stereocenters. The summed E-state index contributed by atoms with van der Waals surface area (Å²) in [4.78, 5) is 4.81. The van der Waals surface area contributed by atoms with Gasteiger partial charge in [0.15, 0.2) is 11.1 Å². The molecule has 1 aromatic carbocycles. The van der Waals surface area contributed by atoms with Gasteiger partial charge < -0.3 is 15.2 Å². The zero-order valence-corrected chi connectivity index (χ0v) is 19.9. The number of aromatic nitrogens is 3. The van der Waals surface area contributed by atoms with Crippen LogP contribution in [-0.2, 0) is 18.4 Å². The molecule has 1 aliphatic carbocycles. The summed E-state index contributed by atoms with van der Waals surface area (Å²) in [6.07, 6.45) is 5.98. The largest absolute Gasteiger partial charge is 0.357 e. The highest BCUT2D eigenvalue weighted by atomic mass is 32.2. The van der Waals surface area contributed by atoms with Gasteiger partial charge in [-0.1, -0.05) is 37.7 Å². The summed E-state index contributed by atoms with van der Waals surface area (Å²) in [5, 5.41) is 16.5. The summed E-state index contributed by atoms with van der Waals surface area (Å²) in [5.74, 6) is 2.25. The van der Waals surface area contributed by atoms with E-state index in [0.29, 0.717) is 12.5 Å². The summed E-state index contributed by atoms with van der Waals surface area (Å²) >= 11 is 1.64. The summed E-state index contributed by atoms with van der Waals surface area (Å²) in [6, 6.07) is 6.96. The van der Waals surface area contributed by atoms with E-state index < -0.39 is 0 Å². The van der Waals surface area contributed by atoms with E-state index in [-0.39, 0.29) is 11.2 Å². The Hall–Kier alpha value is -2.09. The third kappa shape index (κ3) is 6.45. The highest BCUT2D eigenvalue weighted by Gasteiger charge is 2.44. The lowest BCUT2D eigenvalue weighted by Gasteiger charge is -2.16. The van der Waals surface area contributed by atoms with Crippen molar-refractivity contribution in [3.05, 3.63) is 41.5 Å². The van der Waals surface area contributed by atoms with Crippen molar-refractivity contribution in [3.63, 3.8) is 0 Å². The van der Waals surface area contributed by atoms with Crippen LogP contribution >= 0.6 is 11.8 Å². The van der Waals surface area contributed by atoms with Crippen molar-refractivity contribution in [2.24, 2.45) is 10.9 Å². The van der Waals surface area contributed by atoms with Crippen molar-refractivity contribution in [2.45, 2.75) is 63.6 Å². The number of hydrogen-bond donors (Lipinski definition) is 2. The molecule has 0 amide bonds. The van der Waals surface area contributed by atoms with Crippen LogP contribution in [0, 0.1) is 11.7 Å². The Bertz CT molecular complexity index is 875. The third-order valence-electron chi connectivity index (χ3n) is 5.57. The number of rotatable bonds is 11. The number of halogens is 1. The number of aliphatic imine (C=N–C) groups is 1. The zero-order valence-electron chi connectivity index (χ0n) is 19.1. The van der Waals surface area contributed by atoms with Gasteiger partial charge in [-0.3, -0.25) is 4.99 Å². The van der Waals surface area contributed by atoms with Crippen LogP contribution in [0.1, 0.15) is 51.4 Å². The summed E-state index contributed by atoms with van der Waals surface area (Å²) in [7, 11) is 0. The van der Waals surface area contributed by atoms with E-state index >= 15 is 0 Å². The van der Waals surface area contributed by atoms with Crippen molar-refractivity contribution in [2.75, 3.05) is 25.9 Å². The molecule has 1 fully saturated rings. The molecule has 31 heavy (non-hydrogen) atoms. The van der Waals surface area contributed by atoms with Crippen LogP contribution in [0.3, 0.4) is 0 Å². The van der Waals surface area contributed by atoms with Crippen LogP contribution in [0.2, 0.25) is 0 Å². The Labute approximate surface area is 189 Å². The van der Waals surface area contributed by atoms with Crippen molar-refractivity contribution in [3.8, 4) is 0 Å². The van der Waals surface area contributed by atoms with Gasteiger partial charge >= 0.3 is 0 Å². The molecule has 0 bridgehead atoms. The van der Waals surface area contributed by atoms with Crippen LogP contribution < -0.4 is 10.6 Å². The third-order valence-corrected chi connectivity index (χ3v) is 6.24. The van der Waals surface area contributed by atoms with E-state index in [1.807, 2.05) is 12.3 Å². The van der Waals surface area contributed by atoms with E-state index in [4.69, 9.17) is 4.99 Å². The zero-order chi connectivity index (χ0) is 22.3. The fraction of sp³-hybridized carbons (Fsp3) is 0.609. The minimum Gasteiger partial charge on any atom is -0.357 e. The van der Waals surface area contributed by atoms with Crippen LogP contribution in [0.15, 0.2) is 34.4 Å². The normalized spacial score (nSPS) is 15.4. The molecule has 0 radical (unpaired) electrons. The predicted octanol–water partition coefficient (Wildman–Crippen LogP) is 4.01. The molecule has 170 valence electrons. The van der Waals surface area contributed by atoms with Gasteiger partial charge in [0.2, 0.25) is 0 Å². The van der Waals surface area contributed by atoms with Crippen molar-refractivity contribution >= 4 is 17.7 Å². The molecular weight excluding hydrogens is 411 g/mol. The van der Waals surface area contributed by atoms with E-state index in [1.165, 1.54) is 6.07 Å². The number of aryl methyl sites for hydroxylation is 1. The van der Waals surface area contributed by atoms with E-state index in [9.17, 15) is 4.39 Å². The number of benzene rings is 1. The van der Waals surface area contributed by atoms with E-state index in [2.05, 4.69) is 46.2 Å². The quantitative estimate of drug-likeness (QED) is 0.236. The molecule has 0 aliphatic heterocycles. The van der Waals surface area contributed by atoms with Gasteiger partial charge in [-0.25, -0.2) is 4.39 Å². The molecule has 8 heteroatoms. The lowest BCUT2D eigenvalue weighted by Crippen LogP contribution is -2.38. The first kappa shape index (κ1) is 23.6. The van der Waals surface area contributed by atoms with Crippen LogP contribution in [-0.4, -0.2) is 46.6 Å². The minimum atomic E-state index is -0.173. The number of nitrogens with zero attached hydrogens (tertiary/aromatic N) is 4. The van der Waals surface area contributed by atoms with Crippen LogP contribution in [0.4, 0.5) is 4.39 Å². The Morgan fingerprint density at radius 3 is 2.74 bits per heavy atom. The molecule has 0 saturated heterocycles. The average molecular weight is 447 g/mol. The van der Waals surface area contributed by atoms with Crippen LogP contribution in [0.25, 0.3) is 0 Å². The second-order valence-corrected chi connectivity index (χ2v) is 9.40. The van der Waals surface area contributed by atoms with E-state index in [0.717, 1.165) is 67.8 Å². The van der Waals surface area contributed by atoms with Crippen molar-refractivity contribution in [1.29, 1.82) is 0 Å². The Morgan fingerprint density at radius 1 is 1.29 bits per heavy atom. The second kappa shape index (κ2) is 11.0. The Kier molecular flexibility index (Phi) is 8.35. The number of thioether (sulfide) groups is 1. The maximum Gasteiger partial charge on any atom is 0.191 e. The smallest absolute Gasteiger partial charge is 0.191 e. The maximum atomic E-state index is 13.6. The molecule has 1 aliphatic rings. The highest BCUT2D eigenvalue weighted by Crippen LogP contribution is 2.48. The van der Waals surface area contributed by atoms with Gasteiger partial charge in [0, 0.05) is 31.5 Å². The molecule has 2 N–H and O–H groups in total. The summed E-state index contributed by atoms with van der Waals surface area (Å²) < 4.78 is 15.9. The van der Waals surface area contributed by atoms with Gasteiger partial charge in [-0.2, -0.15) is 0 Å². The molecule has 1 saturated carbocycles. The van der Waals surface area contributed by atoms with Gasteiger partial charge in [-0.15, -0.1) is 10.2 Å². The SMILES string of the molecule is CCNC(=NCC1(c2cccc(F)c2)CC1)NCCCc1nnc(SC)n1CC(C)C. The van der Waals surface area contributed by atoms with Crippen molar-refractivity contribution in [1.82, 2.24) is 25.4 Å². The molecule has 3 rings (SSSR count). The average Bonchev–Trinajstić information content (AvgIpc) is 3.45. The Morgan fingerprint density at radius 2 is 2.10 bits per heavy atom. The van der Waals surface area contributed by atoms with Crippen LogP contribution in [0.5, 0.6) is 0 Å². The Balaban J connectivity index is 1.54. The van der Waals surface area contributed by atoms with Gasteiger partial charge in [0.05, 0.1) is 6.54 Å². The fourth-order valence-electron chi connectivity index (χ4n) is 3.74. The first-order valence-electron chi connectivity index (χ1n) is 11.2. The standard InChI is InChI=1S/C23H35FN6S/c1-5-25-21(27-16-23(11-12-23)18-8-6-9-19(24)14-18)26-13-7-10-20-28-29-22(31-4)30(20)15-17(2)3/h6,8-9,14,17H,5,7,10-13,15-16H2,1-4H3,(H2,25,26,27). The van der Waals surface area contributed by atoms with Crippen molar-refractivity contribution < 1.29 is 4.39 Å². The number of hydrogen-bond acceptors (Lipinski definition) is 4. The first-order valence-corrected chi connectivity index (χ1v) is 12.4. The molecular formula is C23H35FN6S. The lowest BCUT2D eigenvalue weighted by atomic mass is 9.96. The second-order valence-electron chi connectivity index (χ2n) is 8.62. The monoisotopic (exact) mass is 446 g/mol. The fourth-order valence-corrected chi connectivity index (χ4v) is 4.26. The van der Waals surface area contributed by atoms with Gasteiger partial charge in [0.1, 0.15) is 11.6 Å². The molecule has 1 heterocycles.